The van der Waals surface area contributed by atoms with Crippen LogP contribution in [0.1, 0.15) is 76.1 Å². The van der Waals surface area contributed by atoms with Gasteiger partial charge in [-0.15, -0.1) is 0 Å². The molecule has 1 aliphatic carbocycles. The first-order valence-electron chi connectivity index (χ1n) is 10.6. The molecule has 1 aliphatic rings. The van der Waals surface area contributed by atoms with E-state index in [9.17, 15) is 9.90 Å². The maximum atomic E-state index is 12.4. The Balaban J connectivity index is 1.91. The minimum absolute atomic E-state index is 0.0116. The van der Waals surface area contributed by atoms with Crippen molar-refractivity contribution in [2.75, 3.05) is 0 Å². The lowest BCUT2D eigenvalue weighted by Gasteiger charge is -2.25. The number of aliphatic hydroxyl groups is 1. The monoisotopic (exact) mass is 372 g/mol. The molecule has 150 valence electrons. The van der Waals surface area contributed by atoms with E-state index in [-0.39, 0.29) is 18.2 Å². The second kappa shape index (κ2) is 11.3. The first kappa shape index (κ1) is 21.7. The van der Waals surface area contributed by atoms with Crippen molar-refractivity contribution >= 4 is 5.97 Å². The Morgan fingerprint density at radius 2 is 1.85 bits per heavy atom. The standard InChI is InChI=1S/C24H36O3/c1-18(10-9-11-20(3)25)21-12-7-8-15-23(19(2)16-17-21)27-24(26)22-13-5-4-6-14-22/h4-6,9-10,13-14,18-21,23,25H,7-8,11-12,15-17H2,1-3H3/b10-9+/t18-,19+,20-,21-,23+/m1/s1. The van der Waals surface area contributed by atoms with Gasteiger partial charge in [0.2, 0.25) is 0 Å². The molecule has 1 aromatic rings. The summed E-state index contributed by atoms with van der Waals surface area (Å²) in [4.78, 5) is 12.4. The molecule has 0 saturated heterocycles. The number of rotatable bonds is 6. The Labute approximate surface area is 164 Å². The van der Waals surface area contributed by atoms with Crippen molar-refractivity contribution in [2.45, 2.75) is 77.9 Å². The number of carbonyl (C=O) groups excluding carboxylic acids is 1. The molecule has 0 aliphatic heterocycles. The van der Waals surface area contributed by atoms with Gasteiger partial charge in [-0.25, -0.2) is 4.79 Å². The summed E-state index contributed by atoms with van der Waals surface area (Å²) in [6, 6.07) is 9.30. The van der Waals surface area contributed by atoms with Crippen molar-refractivity contribution in [3.63, 3.8) is 0 Å². The Bertz CT molecular complexity index is 579. The molecule has 0 amide bonds. The third-order valence-corrected chi connectivity index (χ3v) is 5.87. The van der Waals surface area contributed by atoms with Gasteiger partial charge in [-0.1, -0.05) is 50.6 Å². The highest BCUT2D eigenvalue weighted by Gasteiger charge is 2.26. The predicted octanol–water partition coefficient (Wildman–Crippen LogP) is 5.78. The minimum atomic E-state index is -0.269. The normalized spacial score (nSPS) is 26.6. The molecule has 0 spiro atoms. The van der Waals surface area contributed by atoms with Gasteiger partial charge in [-0.3, -0.25) is 0 Å². The second-order valence-electron chi connectivity index (χ2n) is 8.28. The average molecular weight is 373 g/mol. The van der Waals surface area contributed by atoms with Crippen molar-refractivity contribution in [3.05, 3.63) is 48.0 Å². The Kier molecular flexibility index (Phi) is 9.06. The zero-order chi connectivity index (χ0) is 19.6. The average Bonchev–Trinajstić information content (AvgIpc) is 2.74. The number of hydrogen-bond acceptors (Lipinski definition) is 3. The van der Waals surface area contributed by atoms with Crippen LogP contribution in [0.5, 0.6) is 0 Å². The fraction of sp³-hybridized carbons (Fsp3) is 0.625. The van der Waals surface area contributed by atoms with Gasteiger partial charge >= 0.3 is 5.97 Å². The van der Waals surface area contributed by atoms with E-state index in [0.717, 1.165) is 25.7 Å². The van der Waals surface area contributed by atoms with Gasteiger partial charge in [0.1, 0.15) is 6.10 Å². The van der Waals surface area contributed by atoms with Crippen LogP contribution in [0.15, 0.2) is 42.5 Å². The third kappa shape index (κ3) is 7.50. The lowest BCUT2D eigenvalue weighted by molar-refractivity contribution is 0.0117. The molecule has 2 rings (SSSR count). The largest absolute Gasteiger partial charge is 0.459 e. The quantitative estimate of drug-likeness (QED) is 0.508. The zero-order valence-electron chi connectivity index (χ0n) is 17.1. The SMILES string of the molecule is C[C@H](/C=C/C[C@@H](C)O)[C@@H]1CCCC[C@H](OC(=O)c2ccccc2)[C@@H](C)CC1. The van der Waals surface area contributed by atoms with Crippen molar-refractivity contribution in [3.8, 4) is 0 Å². The molecule has 1 N–H and O–H groups in total. The van der Waals surface area contributed by atoms with E-state index >= 15 is 0 Å². The van der Waals surface area contributed by atoms with E-state index in [1.54, 1.807) is 0 Å². The number of ether oxygens (including phenoxy) is 1. The molecule has 0 aromatic heterocycles. The molecule has 0 unspecified atom stereocenters. The van der Waals surface area contributed by atoms with Crippen LogP contribution in [0.3, 0.4) is 0 Å². The van der Waals surface area contributed by atoms with E-state index in [0.29, 0.717) is 23.3 Å². The fourth-order valence-corrected chi connectivity index (χ4v) is 3.97. The highest BCUT2D eigenvalue weighted by Crippen LogP contribution is 2.32. The first-order valence-corrected chi connectivity index (χ1v) is 10.6. The molecule has 1 aromatic carbocycles. The molecule has 0 heterocycles. The number of carbonyl (C=O) groups is 1. The summed E-state index contributed by atoms with van der Waals surface area (Å²) in [6.07, 6.45) is 11.6. The van der Waals surface area contributed by atoms with Crippen molar-refractivity contribution in [1.29, 1.82) is 0 Å². The van der Waals surface area contributed by atoms with Gasteiger partial charge in [0.05, 0.1) is 11.7 Å². The van der Waals surface area contributed by atoms with Crippen LogP contribution >= 0.6 is 0 Å². The number of benzene rings is 1. The topological polar surface area (TPSA) is 46.5 Å². The van der Waals surface area contributed by atoms with Crippen LogP contribution in [0.4, 0.5) is 0 Å². The van der Waals surface area contributed by atoms with E-state index in [1.807, 2.05) is 37.3 Å². The Morgan fingerprint density at radius 3 is 2.56 bits per heavy atom. The molecular formula is C24H36O3. The molecule has 1 fully saturated rings. The number of allylic oxidation sites excluding steroid dienone is 1. The second-order valence-corrected chi connectivity index (χ2v) is 8.28. The lowest BCUT2D eigenvalue weighted by Crippen LogP contribution is -2.25. The molecule has 5 atom stereocenters. The Morgan fingerprint density at radius 1 is 1.15 bits per heavy atom. The molecule has 3 nitrogen and oxygen atoms in total. The fourth-order valence-electron chi connectivity index (χ4n) is 3.97. The van der Waals surface area contributed by atoms with Crippen LogP contribution in [-0.4, -0.2) is 23.3 Å². The third-order valence-electron chi connectivity index (χ3n) is 5.87. The molecule has 0 radical (unpaired) electrons. The predicted molar refractivity (Wildman–Crippen MR) is 111 cm³/mol. The minimum Gasteiger partial charge on any atom is -0.459 e. The molecule has 1 saturated carbocycles. The summed E-state index contributed by atoms with van der Waals surface area (Å²) in [7, 11) is 0. The summed E-state index contributed by atoms with van der Waals surface area (Å²) in [6.45, 7) is 6.34. The maximum Gasteiger partial charge on any atom is 0.338 e. The van der Waals surface area contributed by atoms with E-state index < -0.39 is 0 Å². The van der Waals surface area contributed by atoms with E-state index in [4.69, 9.17) is 4.74 Å². The molecule has 0 bridgehead atoms. The van der Waals surface area contributed by atoms with Crippen LogP contribution in [0, 0.1) is 17.8 Å². The van der Waals surface area contributed by atoms with E-state index in [2.05, 4.69) is 26.0 Å². The zero-order valence-corrected chi connectivity index (χ0v) is 17.1. The van der Waals surface area contributed by atoms with Crippen LogP contribution < -0.4 is 0 Å². The van der Waals surface area contributed by atoms with Gasteiger partial charge in [0, 0.05) is 0 Å². The van der Waals surface area contributed by atoms with Crippen LogP contribution in [0.2, 0.25) is 0 Å². The number of aliphatic hydroxyl groups excluding tert-OH is 1. The highest BCUT2D eigenvalue weighted by atomic mass is 16.5. The van der Waals surface area contributed by atoms with Gasteiger partial charge in [0.15, 0.2) is 0 Å². The number of esters is 1. The lowest BCUT2D eigenvalue weighted by atomic mass is 9.84. The van der Waals surface area contributed by atoms with Crippen LogP contribution in [-0.2, 0) is 4.74 Å². The van der Waals surface area contributed by atoms with Gasteiger partial charge in [-0.05, 0) is 75.3 Å². The van der Waals surface area contributed by atoms with Crippen LogP contribution in [0.25, 0.3) is 0 Å². The smallest absolute Gasteiger partial charge is 0.338 e. The van der Waals surface area contributed by atoms with Gasteiger partial charge < -0.3 is 9.84 Å². The molecular weight excluding hydrogens is 336 g/mol. The summed E-state index contributed by atoms with van der Waals surface area (Å²) < 4.78 is 5.89. The van der Waals surface area contributed by atoms with Gasteiger partial charge in [-0.2, -0.15) is 0 Å². The maximum absolute atomic E-state index is 12.4. The van der Waals surface area contributed by atoms with Crippen molar-refractivity contribution in [1.82, 2.24) is 0 Å². The summed E-state index contributed by atoms with van der Waals surface area (Å²) in [5.41, 5.74) is 0.638. The van der Waals surface area contributed by atoms with Crippen molar-refractivity contribution in [2.24, 2.45) is 17.8 Å². The molecule has 3 heteroatoms. The summed E-state index contributed by atoms with van der Waals surface area (Å²) in [5.74, 6) is 1.38. The van der Waals surface area contributed by atoms with Crippen molar-refractivity contribution < 1.29 is 14.6 Å². The first-order chi connectivity index (χ1) is 13.0. The summed E-state index contributed by atoms with van der Waals surface area (Å²) in [5, 5.41) is 9.42. The van der Waals surface area contributed by atoms with Gasteiger partial charge in [0.25, 0.3) is 0 Å². The molecule has 27 heavy (non-hydrogen) atoms. The number of hydrogen-bond donors (Lipinski definition) is 1. The Hall–Kier alpha value is -1.61. The summed E-state index contributed by atoms with van der Waals surface area (Å²) >= 11 is 0. The van der Waals surface area contributed by atoms with E-state index in [1.165, 1.54) is 19.3 Å². The highest BCUT2D eigenvalue weighted by molar-refractivity contribution is 5.89.